The van der Waals surface area contributed by atoms with Gasteiger partial charge in [0.15, 0.2) is 0 Å². The lowest BCUT2D eigenvalue weighted by atomic mass is 10.8. The molecule has 1 rings (SSSR count). The van der Waals surface area contributed by atoms with Gasteiger partial charge in [0, 0.05) is 6.21 Å². The highest BCUT2D eigenvalue weighted by atomic mass is 16.5. The van der Waals surface area contributed by atoms with Crippen molar-refractivity contribution in [2.24, 2.45) is 16.5 Å². The molecule has 0 fully saturated rings. The monoisotopic (exact) mass is 101 g/mol. The van der Waals surface area contributed by atoms with Crippen molar-refractivity contribution in [2.75, 3.05) is 6.61 Å². The number of rotatable bonds is 0. The molecule has 0 bridgehead atoms. The summed E-state index contributed by atoms with van der Waals surface area (Å²) >= 11 is 0. The van der Waals surface area contributed by atoms with Gasteiger partial charge >= 0.3 is 0 Å². The van der Waals surface area contributed by atoms with Crippen LogP contribution < -0.4 is 11.5 Å². The number of nitrogens with zero attached hydrogens (tertiary/aromatic N) is 1. The SMILES string of the molecule is NC1(N)N=CCO1. The van der Waals surface area contributed by atoms with Crippen LogP contribution in [0.15, 0.2) is 4.99 Å². The highest BCUT2D eigenvalue weighted by molar-refractivity contribution is 5.60. The second kappa shape index (κ2) is 1.26. The van der Waals surface area contributed by atoms with Gasteiger partial charge in [-0.15, -0.1) is 0 Å². The Kier molecular flexibility index (Phi) is 0.846. The number of hydrogen-bond acceptors (Lipinski definition) is 4. The third-order valence-corrected chi connectivity index (χ3v) is 0.682. The molecule has 40 valence electrons. The van der Waals surface area contributed by atoms with E-state index in [1.54, 1.807) is 6.21 Å². The average molecular weight is 101 g/mol. The maximum absolute atomic E-state index is 5.14. The van der Waals surface area contributed by atoms with Crippen molar-refractivity contribution < 1.29 is 4.74 Å². The van der Waals surface area contributed by atoms with Crippen LogP contribution in [0.5, 0.6) is 0 Å². The summed E-state index contributed by atoms with van der Waals surface area (Å²) in [6.45, 7) is 0.424. The van der Waals surface area contributed by atoms with Gasteiger partial charge in [0.25, 0.3) is 5.97 Å². The van der Waals surface area contributed by atoms with Crippen LogP contribution in [0.2, 0.25) is 0 Å². The van der Waals surface area contributed by atoms with Crippen molar-refractivity contribution >= 4 is 6.21 Å². The average Bonchev–Trinajstić information content (AvgIpc) is 1.84. The summed E-state index contributed by atoms with van der Waals surface area (Å²) in [5.41, 5.74) is 10.3. The molecule has 7 heavy (non-hydrogen) atoms. The van der Waals surface area contributed by atoms with Gasteiger partial charge in [-0.05, 0) is 0 Å². The van der Waals surface area contributed by atoms with E-state index in [2.05, 4.69) is 9.73 Å². The number of aliphatic imine (C=N–C) groups is 1. The van der Waals surface area contributed by atoms with E-state index in [9.17, 15) is 0 Å². The Morgan fingerprint density at radius 3 is 2.57 bits per heavy atom. The molecule has 1 aliphatic rings. The number of nitrogens with two attached hydrogens (primary N) is 2. The van der Waals surface area contributed by atoms with Crippen molar-refractivity contribution in [3.63, 3.8) is 0 Å². The topological polar surface area (TPSA) is 73.6 Å². The van der Waals surface area contributed by atoms with Gasteiger partial charge < -0.3 is 4.74 Å². The first-order chi connectivity index (χ1) is 3.21. The number of ether oxygens (including phenoxy) is 1. The molecular weight excluding hydrogens is 94.1 g/mol. The summed E-state index contributed by atoms with van der Waals surface area (Å²) in [6.07, 6.45) is 1.54. The lowest BCUT2D eigenvalue weighted by Crippen LogP contribution is -2.47. The summed E-state index contributed by atoms with van der Waals surface area (Å²) in [5.74, 6) is -1.24. The first kappa shape index (κ1) is 4.70. The highest BCUT2D eigenvalue weighted by Crippen LogP contribution is 1.98. The summed E-state index contributed by atoms with van der Waals surface area (Å²) < 4.78 is 4.67. The summed E-state index contributed by atoms with van der Waals surface area (Å²) in [6, 6.07) is 0. The Hall–Kier alpha value is -0.450. The Labute approximate surface area is 41.2 Å². The van der Waals surface area contributed by atoms with E-state index in [0.29, 0.717) is 6.61 Å². The van der Waals surface area contributed by atoms with Crippen LogP contribution in [-0.2, 0) is 4.74 Å². The molecule has 0 atom stereocenters. The summed E-state index contributed by atoms with van der Waals surface area (Å²) in [7, 11) is 0. The molecule has 0 aromatic rings. The van der Waals surface area contributed by atoms with Gasteiger partial charge in [0.05, 0.1) is 6.61 Å². The van der Waals surface area contributed by atoms with E-state index in [-0.39, 0.29) is 0 Å². The molecule has 1 aliphatic heterocycles. The Bertz CT molecular complexity index is 98.4. The second-order valence-corrected chi connectivity index (χ2v) is 1.37. The largest absolute Gasteiger partial charge is 0.323 e. The normalized spacial score (nSPS) is 26.0. The van der Waals surface area contributed by atoms with E-state index >= 15 is 0 Å². The molecule has 4 nitrogen and oxygen atoms in total. The molecule has 0 unspecified atom stereocenters. The van der Waals surface area contributed by atoms with Crippen molar-refractivity contribution in [3.8, 4) is 0 Å². The van der Waals surface area contributed by atoms with Gasteiger partial charge in [-0.3, -0.25) is 11.5 Å². The molecule has 0 amide bonds. The maximum atomic E-state index is 5.14. The first-order valence-electron chi connectivity index (χ1n) is 1.96. The van der Waals surface area contributed by atoms with Gasteiger partial charge in [0.1, 0.15) is 0 Å². The minimum absolute atomic E-state index is 0.424. The maximum Gasteiger partial charge on any atom is 0.272 e. The molecule has 0 spiro atoms. The first-order valence-corrected chi connectivity index (χ1v) is 1.96. The zero-order valence-electron chi connectivity index (χ0n) is 3.79. The molecule has 4 N–H and O–H groups in total. The Morgan fingerprint density at radius 1 is 1.71 bits per heavy atom. The van der Waals surface area contributed by atoms with E-state index < -0.39 is 5.97 Å². The Morgan fingerprint density at radius 2 is 2.43 bits per heavy atom. The molecular formula is C3H7N3O. The Balaban J connectivity index is 2.57. The molecule has 1 heterocycles. The lowest BCUT2D eigenvalue weighted by molar-refractivity contribution is 0.0112. The van der Waals surface area contributed by atoms with Crippen molar-refractivity contribution in [1.82, 2.24) is 0 Å². The quantitative estimate of drug-likeness (QED) is 0.369. The fraction of sp³-hybridized carbons (Fsp3) is 0.667. The van der Waals surface area contributed by atoms with Gasteiger partial charge in [-0.25, -0.2) is 4.99 Å². The van der Waals surface area contributed by atoms with Crippen molar-refractivity contribution in [1.29, 1.82) is 0 Å². The molecule has 0 saturated heterocycles. The molecule has 0 aromatic carbocycles. The molecule has 4 heteroatoms. The van der Waals surface area contributed by atoms with Crippen LogP contribution in [0.4, 0.5) is 0 Å². The van der Waals surface area contributed by atoms with Gasteiger partial charge in [-0.2, -0.15) is 0 Å². The van der Waals surface area contributed by atoms with Crippen LogP contribution in [0, 0.1) is 0 Å². The van der Waals surface area contributed by atoms with Crippen molar-refractivity contribution in [2.45, 2.75) is 5.97 Å². The van der Waals surface area contributed by atoms with E-state index in [0.717, 1.165) is 0 Å². The minimum atomic E-state index is -1.24. The number of hydrogen-bond donors (Lipinski definition) is 2. The zero-order valence-corrected chi connectivity index (χ0v) is 3.79. The van der Waals surface area contributed by atoms with Crippen LogP contribution in [0.3, 0.4) is 0 Å². The van der Waals surface area contributed by atoms with Gasteiger partial charge in [-0.1, -0.05) is 0 Å². The van der Waals surface area contributed by atoms with E-state index in [1.165, 1.54) is 0 Å². The van der Waals surface area contributed by atoms with Crippen molar-refractivity contribution in [3.05, 3.63) is 0 Å². The van der Waals surface area contributed by atoms with Gasteiger partial charge in [0.2, 0.25) is 0 Å². The van der Waals surface area contributed by atoms with Crippen LogP contribution >= 0.6 is 0 Å². The fourth-order valence-electron chi connectivity index (χ4n) is 0.388. The molecule has 0 saturated carbocycles. The predicted octanol–water partition coefficient (Wildman–Crippen LogP) is -1.38. The minimum Gasteiger partial charge on any atom is -0.323 e. The van der Waals surface area contributed by atoms with Crippen LogP contribution in [0.1, 0.15) is 0 Å². The predicted molar refractivity (Wildman–Crippen MR) is 25.5 cm³/mol. The third kappa shape index (κ3) is 0.957. The lowest BCUT2D eigenvalue weighted by Gasteiger charge is -2.10. The van der Waals surface area contributed by atoms with Crippen LogP contribution in [-0.4, -0.2) is 18.8 Å². The smallest absolute Gasteiger partial charge is 0.272 e. The summed E-state index contributed by atoms with van der Waals surface area (Å²) in [5, 5.41) is 0. The summed E-state index contributed by atoms with van der Waals surface area (Å²) in [4.78, 5) is 3.58. The van der Waals surface area contributed by atoms with E-state index in [1.807, 2.05) is 0 Å². The highest BCUT2D eigenvalue weighted by Gasteiger charge is 2.19. The van der Waals surface area contributed by atoms with Crippen LogP contribution in [0.25, 0.3) is 0 Å². The standard InChI is InChI=1S/C3H7N3O/c4-3(5)6-1-2-7-3/h1H,2,4-5H2. The second-order valence-electron chi connectivity index (χ2n) is 1.37. The van der Waals surface area contributed by atoms with E-state index in [4.69, 9.17) is 11.5 Å². The molecule has 0 radical (unpaired) electrons. The molecule has 0 aromatic heterocycles. The zero-order chi connectivity index (χ0) is 5.33. The fourth-order valence-corrected chi connectivity index (χ4v) is 0.388. The molecule has 0 aliphatic carbocycles. The third-order valence-electron chi connectivity index (χ3n) is 0.682.